The van der Waals surface area contributed by atoms with Crippen LogP contribution in [0.25, 0.3) is 0 Å². The molecule has 4 heteroatoms. The maximum Gasteiger partial charge on any atom is 0.133 e. The summed E-state index contributed by atoms with van der Waals surface area (Å²) in [6, 6.07) is 17.8. The van der Waals surface area contributed by atoms with Crippen LogP contribution in [0.1, 0.15) is 5.56 Å². The second kappa shape index (κ2) is 7.10. The highest BCUT2D eigenvalue weighted by atomic mass is 79.9. The molecule has 20 heavy (non-hydrogen) atoms. The molecular formula is C16H17BrN2O. The molecule has 0 N–H and O–H groups in total. The summed E-state index contributed by atoms with van der Waals surface area (Å²) < 4.78 is 6.83. The molecule has 0 heterocycles. The third-order valence-corrected chi connectivity index (χ3v) is 3.15. The summed E-state index contributed by atoms with van der Waals surface area (Å²) in [6.45, 7) is 0.434. The highest BCUT2D eigenvalue weighted by molar-refractivity contribution is 9.10. The Balaban J connectivity index is 2.14. The monoisotopic (exact) mass is 332 g/mol. The zero-order chi connectivity index (χ0) is 14.4. The predicted molar refractivity (Wildman–Crippen MR) is 86.3 cm³/mol. The van der Waals surface area contributed by atoms with Gasteiger partial charge in [0.05, 0.1) is 0 Å². The van der Waals surface area contributed by atoms with Gasteiger partial charge in [0.2, 0.25) is 0 Å². The van der Waals surface area contributed by atoms with Crippen molar-refractivity contribution in [3.63, 3.8) is 0 Å². The first-order valence-corrected chi connectivity index (χ1v) is 7.13. The van der Waals surface area contributed by atoms with E-state index >= 15 is 0 Å². The smallest absolute Gasteiger partial charge is 0.133 e. The Kier molecular flexibility index (Phi) is 5.18. The van der Waals surface area contributed by atoms with E-state index in [1.165, 1.54) is 0 Å². The van der Waals surface area contributed by atoms with Gasteiger partial charge in [-0.3, -0.25) is 0 Å². The first-order chi connectivity index (χ1) is 9.65. The molecule has 2 aromatic rings. The van der Waals surface area contributed by atoms with Gasteiger partial charge >= 0.3 is 0 Å². The highest BCUT2D eigenvalue weighted by Gasteiger charge is 2.06. The zero-order valence-electron chi connectivity index (χ0n) is 11.6. The minimum Gasteiger partial charge on any atom is -0.487 e. The van der Waals surface area contributed by atoms with Crippen molar-refractivity contribution >= 4 is 21.6 Å². The predicted octanol–water partition coefficient (Wildman–Crippen LogP) is 3.79. The SMILES string of the molecule is CN(C)/N=C(/COc1ccccc1)c1ccc(Br)cc1. The first kappa shape index (κ1) is 14.6. The summed E-state index contributed by atoms with van der Waals surface area (Å²) in [7, 11) is 3.81. The van der Waals surface area contributed by atoms with Crippen LogP contribution in [0.15, 0.2) is 64.2 Å². The molecule has 0 amide bonds. The van der Waals surface area contributed by atoms with E-state index in [2.05, 4.69) is 21.0 Å². The number of benzene rings is 2. The quantitative estimate of drug-likeness (QED) is 0.614. The van der Waals surface area contributed by atoms with Crippen molar-refractivity contribution < 1.29 is 4.74 Å². The Morgan fingerprint density at radius 3 is 2.30 bits per heavy atom. The van der Waals surface area contributed by atoms with Crippen molar-refractivity contribution in [2.24, 2.45) is 5.10 Å². The molecular weight excluding hydrogens is 316 g/mol. The Labute approximate surface area is 128 Å². The van der Waals surface area contributed by atoms with Gasteiger partial charge in [-0.05, 0) is 24.3 Å². The third kappa shape index (κ3) is 4.38. The van der Waals surface area contributed by atoms with E-state index in [1.807, 2.05) is 68.7 Å². The van der Waals surface area contributed by atoms with Gasteiger partial charge in [0.15, 0.2) is 0 Å². The molecule has 104 valence electrons. The fraction of sp³-hybridized carbons (Fsp3) is 0.188. The number of ether oxygens (including phenoxy) is 1. The van der Waals surface area contributed by atoms with Crippen LogP contribution >= 0.6 is 15.9 Å². The molecule has 0 atom stereocenters. The molecule has 0 aliphatic carbocycles. The van der Waals surface area contributed by atoms with E-state index in [-0.39, 0.29) is 0 Å². The molecule has 0 spiro atoms. The lowest BCUT2D eigenvalue weighted by atomic mass is 10.1. The van der Waals surface area contributed by atoms with Gasteiger partial charge in [-0.15, -0.1) is 0 Å². The second-order valence-electron chi connectivity index (χ2n) is 4.50. The number of rotatable bonds is 5. The molecule has 0 radical (unpaired) electrons. The molecule has 0 saturated heterocycles. The number of hydrogen-bond acceptors (Lipinski definition) is 3. The van der Waals surface area contributed by atoms with Gasteiger partial charge in [0.1, 0.15) is 18.1 Å². The minimum absolute atomic E-state index is 0.434. The van der Waals surface area contributed by atoms with Gasteiger partial charge < -0.3 is 9.75 Å². The van der Waals surface area contributed by atoms with Crippen molar-refractivity contribution in [1.82, 2.24) is 5.01 Å². The fourth-order valence-electron chi connectivity index (χ4n) is 1.72. The van der Waals surface area contributed by atoms with Crippen LogP contribution in [0.3, 0.4) is 0 Å². The number of hydrogen-bond donors (Lipinski definition) is 0. The summed E-state index contributed by atoms with van der Waals surface area (Å²) in [5.74, 6) is 0.844. The van der Waals surface area contributed by atoms with Crippen molar-refractivity contribution in [3.05, 3.63) is 64.6 Å². The Bertz CT molecular complexity index is 565. The minimum atomic E-state index is 0.434. The lowest BCUT2D eigenvalue weighted by molar-refractivity contribution is 0.367. The molecule has 0 aromatic heterocycles. The van der Waals surface area contributed by atoms with Crippen molar-refractivity contribution in [2.75, 3.05) is 20.7 Å². The number of hydrazone groups is 1. The largest absolute Gasteiger partial charge is 0.487 e. The highest BCUT2D eigenvalue weighted by Crippen LogP contribution is 2.13. The number of nitrogens with zero attached hydrogens (tertiary/aromatic N) is 2. The Morgan fingerprint density at radius 1 is 1.05 bits per heavy atom. The topological polar surface area (TPSA) is 24.8 Å². The van der Waals surface area contributed by atoms with E-state index in [4.69, 9.17) is 4.74 Å². The summed E-state index contributed by atoms with van der Waals surface area (Å²) in [5.41, 5.74) is 1.95. The molecule has 0 aliphatic heterocycles. The normalized spacial score (nSPS) is 11.2. The van der Waals surface area contributed by atoms with E-state index < -0.39 is 0 Å². The maximum atomic E-state index is 5.78. The van der Waals surface area contributed by atoms with Gasteiger partial charge in [0.25, 0.3) is 0 Å². The number of para-hydroxylation sites is 1. The van der Waals surface area contributed by atoms with E-state index in [1.54, 1.807) is 5.01 Å². The number of halogens is 1. The van der Waals surface area contributed by atoms with Crippen LogP contribution in [-0.4, -0.2) is 31.4 Å². The molecule has 0 fully saturated rings. The summed E-state index contributed by atoms with van der Waals surface area (Å²) in [5, 5.41) is 6.29. The molecule has 2 aromatic carbocycles. The summed E-state index contributed by atoms with van der Waals surface area (Å²) >= 11 is 3.44. The summed E-state index contributed by atoms with van der Waals surface area (Å²) in [4.78, 5) is 0. The van der Waals surface area contributed by atoms with Crippen LogP contribution < -0.4 is 4.74 Å². The standard InChI is InChI=1S/C16H17BrN2O/c1-19(2)18-16(13-8-10-14(17)11-9-13)12-20-15-6-4-3-5-7-15/h3-11H,12H2,1-2H3/b18-16-. The van der Waals surface area contributed by atoms with Crippen LogP contribution in [0, 0.1) is 0 Å². The van der Waals surface area contributed by atoms with E-state index in [0.29, 0.717) is 6.61 Å². The van der Waals surface area contributed by atoms with Crippen LogP contribution in [0.4, 0.5) is 0 Å². The molecule has 0 saturated carbocycles. The lowest BCUT2D eigenvalue weighted by Gasteiger charge is -2.12. The molecule has 3 nitrogen and oxygen atoms in total. The van der Waals surface area contributed by atoms with E-state index in [0.717, 1.165) is 21.5 Å². The van der Waals surface area contributed by atoms with Gasteiger partial charge in [-0.2, -0.15) is 5.10 Å². The van der Waals surface area contributed by atoms with Crippen molar-refractivity contribution in [2.45, 2.75) is 0 Å². The Hall–Kier alpha value is -1.81. The van der Waals surface area contributed by atoms with Gasteiger partial charge in [-0.25, -0.2) is 0 Å². The lowest BCUT2D eigenvalue weighted by Crippen LogP contribution is -2.17. The first-order valence-electron chi connectivity index (χ1n) is 6.34. The third-order valence-electron chi connectivity index (χ3n) is 2.62. The van der Waals surface area contributed by atoms with Crippen molar-refractivity contribution in [1.29, 1.82) is 0 Å². The molecule has 2 rings (SSSR count). The molecule has 0 unspecified atom stereocenters. The molecule has 0 bridgehead atoms. The molecule has 0 aliphatic rings. The van der Waals surface area contributed by atoms with E-state index in [9.17, 15) is 0 Å². The zero-order valence-corrected chi connectivity index (χ0v) is 13.2. The average Bonchev–Trinajstić information content (AvgIpc) is 2.45. The van der Waals surface area contributed by atoms with Crippen molar-refractivity contribution in [3.8, 4) is 5.75 Å². The van der Waals surface area contributed by atoms with Gasteiger partial charge in [0, 0.05) is 24.1 Å². The van der Waals surface area contributed by atoms with Crippen LogP contribution in [-0.2, 0) is 0 Å². The van der Waals surface area contributed by atoms with Crippen LogP contribution in [0.2, 0.25) is 0 Å². The second-order valence-corrected chi connectivity index (χ2v) is 5.42. The average molecular weight is 333 g/mol. The summed E-state index contributed by atoms with van der Waals surface area (Å²) in [6.07, 6.45) is 0. The van der Waals surface area contributed by atoms with Crippen LogP contribution in [0.5, 0.6) is 5.75 Å². The fourth-order valence-corrected chi connectivity index (χ4v) is 1.99. The maximum absolute atomic E-state index is 5.78. The van der Waals surface area contributed by atoms with Gasteiger partial charge in [-0.1, -0.05) is 46.3 Å². The Morgan fingerprint density at radius 2 is 1.70 bits per heavy atom.